The topological polar surface area (TPSA) is 76.0 Å². The fraction of sp³-hybridized carbons (Fsp3) is 0. The van der Waals surface area contributed by atoms with Crippen molar-refractivity contribution in [3.8, 4) is 0 Å². The second-order valence-corrected chi connectivity index (χ2v) is 5.77. The first kappa shape index (κ1) is 13.7. The number of aromatic amines is 1. The number of halogens is 1. The monoisotopic (exact) mass is 392 g/mol. The van der Waals surface area contributed by atoms with E-state index in [1.807, 2.05) is 12.1 Å². The summed E-state index contributed by atoms with van der Waals surface area (Å²) in [5, 5.41) is 11.4. The van der Waals surface area contributed by atoms with Gasteiger partial charge in [0.25, 0.3) is 5.69 Å². The van der Waals surface area contributed by atoms with Crippen molar-refractivity contribution >= 4 is 45.0 Å². The van der Waals surface area contributed by atoms with Gasteiger partial charge in [-0.15, -0.1) is 0 Å². The van der Waals surface area contributed by atoms with Crippen LogP contribution in [0.25, 0.3) is 10.9 Å². The van der Waals surface area contributed by atoms with E-state index >= 15 is 0 Å². The number of fused-ring (bicyclic) bond motifs is 1. The van der Waals surface area contributed by atoms with E-state index in [2.05, 4.69) is 27.6 Å². The Balaban J connectivity index is 2.11. The Kier molecular flexibility index (Phi) is 3.46. The van der Waals surface area contributed by atoms with Gasteiger partial charge in [-0.2, -0.15) is 0 Å². The number of aromatic nitrogens is 1. The van der Waals surface area contributed by atoms with Crippen LogP contribution >= 0.6 is 22.6 Å². The highest BCUT2D eigenvalue weighted by Crippen LogP contribution is 2.25. The highest BCUT2D eigenvalue weighted by atomic mass is 127. The van der Waals surface area contributed by atoms with Crippen LogP contribution in [0.2, 0.25) is 0 Å². The van der Waals surface area contributed by atoms with Crippen LogP contribution in [0.1, 0.15) is 15.9 Å². The number of ketones is 1. The fourth-order valence-electron chi connectivity index (χ4n) is 2.17. The molecule has 0 fully saturated rings. The second-order valence-electron chi connectivity index (χ2n) is 4.53. The third-order valence-corrected chi connectivity index (χ3v) is 3.95. The Labute approximate surface area is 133 Å². The molecule has 6 heteroatoms. The Bertz CT molecular complexity index is 853. The summed E-state index contributed by atoms with van der Waals surface area (Å²) in [5.74, 6) is -0.154. The second kappa shape index (κ2) is 5.28. The van der Waals surface area contributed by atoms with Crippen LogP contribution in [0.5, 0.6) is 0 Å². The summed E-state index contributed by atoms with van der Waals surface area (Å²) in [6.07, 6.45) is 1.59. The summed E-state index contributed by atoms with van der Waals surface area (Å²) < 4.78 is 1.04. The summed E-state index contributed by atoms with van der Waals surface area (Å²) in [6, 6.07) is 11.7. The van der Waals surface area contributed by atoms with Crippen molar-refractivity contribution in [3.05, 3.63) is 73.5 Å². The van der Waals surface area contributed by atoms with E-state index in [9.17, 15) is 14.9 Å². The minimum atomic E-state index is -0.467. The highest BCUT2D eigenvalue weighted by Gasteiger charge is 2.16. The number of hydrogen-bond acceptors (Lipinski definition) is 3. The molecule has 0 radical (unpaired) electrons. The van der Waals surface area contributed by atoms with Crippen LogP contribution < -0.4 is 0 Å². The van der Waals surface area contributed by atoms with E-state index in [0.717, 1.165) is 3.57 Å². The van der Waals surface area contributed by atoms with Crippen LogP contribution in [-0.2, 0) is 0 Å². The molecular formula is C15H9IN2O3. The zero-order valence-corrected chi connectivity index (χ0v) is 12.8. The summed E-state index contributed by atoms with van der Waals surface area (Å²) in [5.41, 5.74) is 1.67. The van der Waals surface area contributed by atoms with Crippen molar-refractivity contribution in [3.63, 3.8) is 0 Å². The molecule has 0 bridgehead atoms. The quantitative estimate of drug-likeness (QED) is 0.318. The van der Waals surface area contributed by atoms with Crippen LogP contribution in [0.3, 0.4) is 0 Å². The zero-order valence-electron chi connectivity index (χ0n) is 10.7. The molecule has 0 aliphatic heterocycles. The van der Waals surface area contributed by atoms with E-state index in [1.54, 1.807) is 24.4 Å². The first-order chi connectivity index (χ1) is 10.1. The summed E-state index contributed by atoms with van der Waals surface area (Å²) in [6.45, 7) is 0. The number of nitrogens with zero attached hydrogens (tertiary/aromatic N) is 1. The van der Waals surface area contributed by atoms with Gasteiger partial charge in [0.05, 0.1) is 4.92 Å². The average Bonchev–Trinajstić information content (AvgIpc) is 2.90. The average molecular weight is 392 g/mol. The third-order valence-electron chi connectivity index (χ3n) is 3.23. The number of non-ortho nitro benzene ring substituents is 1. The first-order valence-electron chi connectivity index (χ1n) is 6.12. The molecule has 3 rings (SSSR count). The minimum Gasteiger partial charge on any atom is -0.360 e. The molecule has 1 N–H and O–H groups in total. The Morgan fingerprint density at radius 3 is 2.52 bits per heavy atom. The first-order valence-corrected chi connectivity index (χ1v) is 7.20. The van der Waals surface area contributed by atoms with Crippen LogP contribution in [0, 0.1) is 13.7 Å². The Hall–Kier alpha value is -2.22. The van der Waals surface area contributed by atoms with Gasteiger partial charge < -0.3 is 4.98 Å². The van der Waals surface area contributed by atoms with Gasteiger partial charge in [-0.3, -0.25) is 14.9 Å². The van der Waals surface area contributed by atoms with E-state index in [-0.39, 0.29) is 11.5 Å². The SMILES string of the molecule is O=C(c1ccc(I)cc1)c1c[nH]c2ccc([N+](=O)[O-])cc12. The Morgan fingerprint density at radius 1 is 1.14 bits per heavy atom. The van der Waals surface area contributed by atoms with Crippen molar-refractivity contribution in [2.24, 2.45) is 0 Å². The molecule has 0 saturated carbocycles. The maximum absolute atomic E-state index is 12.5. The van der Waals surface area contributed by atoms with E-state index in [4.69, 9.17) is 0 Å². The number of hydrogen-bond donors (Lipinski definition) is 1. The van der Waals surface area contributed by atoms with Crippen LogP contribution in [0.15, 0.2) is 48.7 Å². The lowest BCUT2D eigenvalue weighted by Gasteiger charge is -2.00. The maximum Gasteiger partial charge on any atom is 0.270 e. The molecule has 0 atom stereocenters. The summed E-state index contributed by atoms with van der Waals surface area (Å²) in [7, 11) is 0. The lowest BCUT2D eigenvalue weighted by molar-refractivity contribution is -0.384. The molecule has 0 aliphatic carbocycles. The molecule has 0 aliphatic rings. The van der Waals surface area contributed by atoms with Crippen molar-refractivity contribution in [1.82, 2.24) is 4.98 Å². The smallest absolute Gasteiger partial charge is 0.270 e. The number of nitro groups is 1. The van der Waals surface area contributed by atoms with Crippen molar-refractivity contribution in [2.45, 2.75) is 0 Å². The standard InChI is InChI=1S/C15H9IN2O3/c16-10-3-1-9(2-4-10)15(19)13-8-17-14-6-5-11(18(20)21)7-12(13)14/h1-8,17H. The van der Waals surface area contributed by atoms with Gasteiger partial charge in [0, 0.05) is 43.9 Å². The number of carbonyl (C=O) groups excluding carboxylic acids is 1. The van der Waals surface area contributed by atoms with Crippen LogP contribution in [-0.4, -0.2) is 15.7 Å². The Morgan fingerprint density at radius 2 is 1.86 bits per heavy atom. The number of carbonyl (C=O) groups is 1. The molecule has 2 aromatic carbocycles. The maximum atomic E-state index is 12.5. The lowest BCUT2D eigenvalue weighted by atomic mass is 10.0. The molecule has 0 amide bonds. The third kappa shape index (κ3) is 2.54. The predicted octanol–water partition coefficient (Wildman–Crippen LogP) is 3.91. The van der Waals surface area contributed by atoms with Crippen molar-refractivity contribution < 1.29 is 9.72 Å². The van der Waals surface area contributed by atoms with Crippen LogP contribution in [0.4, 0.5) is 5.69 Å². The molecule has 0 unspecified atom stereocenters. The number of nitrogens with one attached hydrogen (secondary N) is 1. The van der Waals surface area contributed by atoms with Gasteiger partial charge in [-0.05, 0) is 52.9 Å². The summed E-state index contributed by atoms with van der Waals surface area (Å²) >= 11 is 2.17. The normalized spacial score (nSPS) is 10.7. The van der Waals surface area contributed by atoms with Gasteiger partial charge in [0.2, 0.25) is 0 Å². The largest absolute Gasteiger partial charge is 0.360 e. The molecule has 3 aromatic rings. The van der Waals surface area contributed by atoms with Crippen molar-refractivity contribution in [1.29, 1.82) is 0 Å². The molecule has 1 heterocycles. The number of nitro benzene ring substituents is 1. The van der Waals surface area contributed by atoms with Gasteiger partial charge in [0.1, 0.15) is 0 Å². The minimum absolute atomic E-state index is 0.0289. The molecular weight excluding hydrogens is 383 g/mol. The molecule has 5 nitrogen and oxygen atoms in total. The molecule has 0 spiro atoms. The lowest BCUT2D eigenvalue weighted by Crippen LogP contribution is -2.00. The predicted molar refractivity (Wildman–Crippen MR) is 87.5 cm³/mol. The van der Waals surface area contributed by atoms with Gasteiger partial charge in [-0.25, -0.2) is 0 Å². The number of H-pyrrole nitrogens is 1. The molecule has 1 aromatic heterocycles. The molecule has 21 heavy (non-hydrogen) atoms. The van der Waals surface area contributed by atoms with Gasteiger partial charge in [0.15, 0.2) is 5.78 Å². The highest BCUT2D eigenvalue weighted by molar-refractivity contribution is 14.1. The van der Waals surface area contributed by atoms with Gasteiger partial charge in [-0.1, -0.05) is 0 Å². The number of rotatable bonds is 3. The molecule has 104 valence electrons. The number of benzene rings is 2. The van der Waals surface area contributed by atoms with Gasteiger partial charge >= 0.3 is 0 Å². The fourth-order valence-corrected chi connectivity index (χ4v) is 2.53. The molecule has 0 saturated heterocycles. The van der Waals surface area contributed by atoms with E-state index in [0.29, 0.717) is 22.0 Å². The van der Waals surface area contributed by atoms with Crippen molar-refractivity contribution in [2.75, 3.05) is 0 Å². The van der Waals surface area contributed by atoms with E-state index in [1.165, 1.54) is 12.1 Å². The summed E-state index contributed by atoms with van der Waals surface area (Å²) in [4.78, 5) is 25.9. The zero-order chi connectivity index (χ0) is 15.0. The van der Waals surface area contributed by atoms with E-state index < -0.39 is 4.92 Å².